The third-order valence-corrected chi connectivity index (χ3v) is 2.40. The van der Waals surface area contributed by atoms with Gasteiger partial charge in [0.1, 0.15) is 0 Å². The number of hydrogen-bond donors (Lipinski definition) is 0. The van der Waals surface area contributed by atoms with Crippen LogP contribution >= 0.6 is 0 Å². The molecule has 1 atom stereocenters. The fourth-order valence-corrected chi connectivity index (χ4v) is 1.42. The highest BCUT2D eigenvalue weighted by Crippen LogP contribution is 2.33. The fourth-order valence-electron chi connectivity index (χ4n) is 1.42. The topological polar surface area (TPSA) is 17.1 Å². The van der Waals surface area contributed by atoms with E-state index in [2.05, 4.69) is 20.8 Å². The molecule has 1 rings (SSSR count). The molecule has 11 heavy (non-hydrogen) atoms. The van der Waals surface area contributed by atoms with E-state index in [9.17, 15) is 4.79 Å². The number of carbonyl (C=O) groups is 1. The molecule has 0 bridgehead atoms. The van der Waals surface area contributed by atoms with E-state index in [1.165, 1.54) is 0 Å². The van der Waals surface area contributed by atoms with Crippen molar-refractivity contribution in [1.29, 1.82) is 0 Å². The lowest BCUT2D eigenvalue weighted by Crippen LogP contribution is -2.24. The van der Waals surface area contributed by atoms with E-state index in [0.29, 0.717) is 5.92 Å². The summed E-state index contributed by atoms with van der Waals surface area (Å²) in [6, 6.07) is 0. The van der Waals surface area contributed by atoms with Crippen LogP contribution in [0.3, 0.4) is 0 Å². The van der Waals surface area contributed by atoms with E-state index >= 15 is 0 Å². The molecule has 0 amide bonds. The maximum Gasteiger partial charge on any atom is 0.155 e. The van der Waals surface area contributed by atoms with E-state index in [0.717, 1.165) is 12.8 Å². The number of carbonyl (C=O) groups excluding carboxylic acids is 1. The summed E-state index contributed by atoms with van der Waals surface area (Å²) >= 11 is 0. The molecule has 0 spiro atoms. The van der Waals surface area contributed by atoms with Gasteiger partial charge >= 0.3 is 0 Å². The summed E-state index contributed by atoms with van der Waals surface area (Å²) in [5, 5.41) is 0. The van der Waals surface area contributed by atoms with E-state index in [1.54, 1.807) is 6.08 Å². The van der Waals surface area contributed by atoms with Crippen LogP contribution in [0.15, 0.2) is 12.2 Å². The minimum Gasteiger partial charge on any atom is -0.295 e. The van der Waals surface area contributed by atoms with Gasteiger partial charge in [0.25, 0.3) is 0 Å². The molecule has 0 radical (unpaired) electrons. The first-order chi connectivity index (χ1) is 5.00. The van der Waals surface area contributed by atoms with Gasteiger partial charge in [0, 0.05) is 6.42 Å². The zero-order chi connectivity index (χ0) is 8.48. The zero-order valence-electron chi connectivity index (χ0n) is 7.55. The third-order valence-electron chi connectivity index (χ3n) is 2.40. The Morgan fingerprint density at radius 1 is 1.45 bits per heavy atom. The molecule has 0 unspecified atom stereocenters. The second kappa shape index (κ2) is 2.80. The van der Waals surface area contributed by atoms with Crippen molar-refractivity contribution in [3.05, 3.63) is 12.2 Å². The van der Waals surface area contributed by atoms with Gasteiger partial charge < -0.3 is 0 Å². The van der Waals surface area contributed by atoms with Crippen LogP contribution in [-0.2, 0) is 4.79 Å². The average molecular weight is 152 g/mol. The lowest BCUT2D eigenvalue weighted by molar-refractivity contribution is -0.116. The number of rotatable bonds is 0. The lowest BCUT2D eigenvalue weighted by Gasteiger charge is -2.30. The van der Waals surface area contributed by atoms with Crippen molar-refractivity contribution in [2.75, 3.05) is 0 Å². The Kier molecular flexibility index (Phi) is 2.17. The molecular formula is C10H16O. The molecule has 1 nitrogen and oxygen atoms in total. The van der Waals surface area contributed by atoms with E-state index < -0.39 is 0 Å². The lowest BCUT2D eigenvalue weighted by atomic mass is 9.74. The van der Waals surface area contributed by atoms with Crippen LogP contribution in [0.25, 0.3) is 0 Å². The second-order valence-corrected chi connectivity index (χ2v) is 4.37. The van der Waals surface area contributed by atoms with E-state index in [4.69, 9.17) is 0 Å². The molecule has 0 aromatic rings. The highest BCUT2D eigenvalue weighted by atomic mass is 16.1. The number of hydrogen-bond acceptors (Lipinski definition) is 1. The summed E-state index contributed by atoms with van der Waals surface area (Å²) in [6.07, 6.45) is 5.51. The maximum absolute atomic E-state index is 11.0. The zero-order valence-corrected chi connectivity index (χ0v) is 7.55. The molecule has 1 aliphatic carbocycles. The van der Waals surface area contributed by atoms with Crippen LogP contribution in [0.5, 0.6) is 0 Å². The molecule has 62 valence electrons. The van der Waals surface area contributed by atoms with Crippen molar-refractivity contribution in [1.82, 2.24) is 0 Å². The molecule has 0 heterocycles. The molecule has 1 heteroatoms. The monoisotopic (exact) mass is 152 g/mol. The Labute approximate surface area is 68.5 Å². The Morgan fingerprint density at radius 2 is 2.09 bits per heavy atom. The molecule has 0 saturated heterocycles. The van der Waals surface area contributed by atoms with Gasteiger partial charge in [0.15, 0.2) is 5.78 Å². The van der Waals surface area contributed by atoms with Gasteiger partial charge in [-0.3, -0.25) is 4.79 Å². The standard InChI is InChI=1S/C10H16O/c1-10(2,3)8-5-4-6-9(11)7-8/h4,6,8H,5,7H2,1-3H3/t8-/m1/s1. The van der Waals surface area contributed by atoms with Crippen LogP contribution < -0.4 is 0 Å². The molecule has 1 aliphatic rings. The fraction of sp³-hybridized carbons (Fsp3) is 0.700. The van der Waals surface area contributed by atoms with Gasteiger partial charge in [-0.1, -0.05) is 26.8 Å². The maximum atomic E-state index is 11.0. The van der Waals surface area contributed by atoms with Crippen molar-refractivity contribution in [3.63, 3.8) is 0 Å². The first-order valence-electron chi connectivity index (χ1n) is 4.19. The Morgan fingerprint density at radius 3 is 2.45 bits per heavy atom. The Hall–Kier alpha value is -0.590. The summed E-state index contributed by atoms with van der Waals surface area (Å²) in [7, 11) is 0. The molecule has 0 aromatic carbocycles. The van der Waals surface area contributed by atoms with E-state index in [1.807, 2.05) is 6.08 Å². The van der Waals surface area contributed by atoms with Crippen LogP contribution in [0.2, 0.25) is 0 Å². The van der Waals surface area contributed by atoms with Gasteiger partial charge in [-0.25, -0.2) is 0 Å². The predicted octanol–water partition coefficient (Wildman–Crippen LogP) is 2.57. The Bertz CT molecular complexity index is 184. The van der Waals surface area contributed by atoms with Gasteiger partial charge in [-0.2, -0.15) is 0 Å². The summed E-state index contributed by atoms with van der Waals surface area (Å²) < 4.78 is 0. The van der Waals surface area contributed by atoms with Crippen molar-refractivity contribution < 1.29 is 4.79 Å². The summed E-state index contributed by atoms with van der Waals surface area (Å²) in [5.41, 5.74) is 0.278. The van der Waals surface area contributed by atoms with Crippen molar-refractivity contribution >= 4 is 5.78 Å². The van der Waals surface area contributed by atoms with Crippen LogP contribution in [-0.4, -0.2) is 5.78 Å². The van der Waals surface area contributed by atoms with Gasteiger partial charge in [-0.05, 0) is 23.8 Å². The van der Waals surface area contributed by atoms with Gasteiger partial charge in [0.2, 0.25) is 0 Å². The minimum absolute atomic E-state index is 0.278. The Balaban J connectivity index is 2.64. The molecule has 0 saturated carbocycles. The van der Waals surface area contributed by atoms with E-state index in [-0.39, 0.29) is 11.2 Å². The largest absolute Gasteiger partial charge is 0.295 e. The van der Waals surface area contributed by atoms with Crippen molar-refractivity contribution in [2.24, 2.45) is 11.3 Å². The molecule has 0 fully saturated rings. The first-order valence-corrected chi connectivity index (χ1v) is 4.19. The normalized spacial score (nSPS) is 25.7. The quantitative estimate of drug-likeness (QED) is 0.521. The van der Waals surface area contributed by atoms with Crippen molar-refractivity contribution in [2.45, 2.75) is 33.6 Å². The third kappa shape index (κ3) is 2.18. The van der Waals surface area contributed by atoms with Gasteiger partial charge in [-0.15, -0.1) is 0 Å². The molecule has 0 N–H and O–H groups in total. The molecule has 0 aromatic heterocycles. The average Bonchev–Trinajstić information content (AvgIpc) is 1.86. The van der Waals surface area contributed by atoms with Gasteiger partial charge in [0.05, 0.1) is 0 Å². The summed E-state index contributed by atoms with van der Waals surface area (Å²) in [5.74, 6) is 0.830. The van der Waals surface area contributed by atoms with Crippen molar-refractivity contribution in [3.8, 4) is 0 Å². The molecular weight excluding hydrogens is 136 g/mol. The molecule has 0 aliphatic heterocycles. The highest BCUT2D eigenvalue weighted by Gasteiger charge is 2.26. The van der Waals surface area contributed by atoms with Crippen LogP contribution in [0, 0.1) is 11.3 Å². The highest BCUT2D eigenvalue weighted by molar-refractivity contribution is 5.90. The van der Waals surface area contributed by atoms with Crippen LogP contribution in [0.4, 0.5) is 0 Å². The summed E-state index contributed by atoms with van der Waals surface area (Å²) in [4.78, 5) is 11.0. The SMILES string of the molecule is CC(C)(C)[C@@H]1CC=CC(=O)C1. The number of ketones is 1. The second-order valence-electron chi connectivity index (χ2n) is 4.37. The smallest absolute Gasteiger partial charge is 0.155 e. The first kappa shape index (κ1) is 8.51. The predicted molar refractivity (Wildman–Crippen MR) is 46.3 cm³/mol. The number of allylic oxidation sites excluding steroid dienone is 2. The minimum atomic E-state index is 0.278. The van der Waals surface area contributed by atoms with Crippen LogP contribution in [0.1, 0.15) is 33.6 Å². The summed E-state index contributed by atoms with van der Waals surface area (Å²) in [6.45, 7) is 6.60.